The number of halogens is 1. The normalized spacial score (nSPS) is 21.9. The predicted molar refractivity (Wildman–Crippen MR) is 76.9 cm³/mol. The fraction of sp³-hybridized carbons (Fsp3) is 0.429. The van der Waals surface area contributed by atoms with E-state index >= 15 is 0 Å². The number of nitrogens with one attached hydrogen (secondary N) is 2. The molecule has 1 saturated heterocycles. The van der Waals surface area contributed by atoms with Gasteiger partial charge in [-0.1, -0.05) is 11.6 Å². The van der Waals surface area contributed by atoms with Gasteiger partial charge in [-0.2, -0.15) is 0 Å². The molecule has 1 aliphatic heterocycles. The number of anilines is 1. The third-order valence-corrected chi connectivity index (χ3v) is 3.81. The summed E-state index contributed by atoms with van der Waals surface area (Å²) in [7, 11) is 0. The Morgan fingerprint density at radius 2 is 1.85 bits per heavy atom. The van der Waals surface area contributed by atoms with E-state index < -0.39 is 6.04 Å². The van der Waals surface area contributed by atoms with Gasteiger partial charge in [-0.05, 0) is 43.5 Å². The third kappa shape index (κ3) is 2.88. The highest BCUT2D eigenvalue weighted by molar-refractivity contribution is 6.30. The fourth-order valence-electron chi connectivity index (χ4n) is 2.30. The van der Waals surface area contributed by atoms with Crippen molar-refractivity contribution in [3.63, 3.8) is 0 Å². The van der Waals surface area contributed by atoms with Gasteiger partial charge in [-0.15, -0.1) is 0 Å². The molecule has 2 fully saturated rings. The first-order valence-electron chi connectivity index (χ1n) is 6.77. The molecule has 2 N–H and O–H groups in total. The van der Waals surface area contributed by atoms with Gasteiger partial charge in [0.1, 0.15) is 6.04 Å². The van der Waals surface area contributed by atoms with E-state index in [4.69, 9.17) is 11.6 Å². The maximum absolute atomic E-state index is 12.3. The second-order valence-electron chi connectivity index (χ2n) is 5.20. The van der Waals surface area contributed by atoms with Crippen LogP contribution in [-0.2, 0) is 4.79 Å². The summed E-state index contributed by atoms with van der Waals surface area (Å²) in [6.45, 7) is 0.606. The Hall–Kier alpha value is -1.75. The lowest BCUT2D eigenvalue weighted by atomic mass is 10.2. The predicted octanol–water partition coefficient (Wildman–Crippen LogP) is 1.91. The van der Waals surface area contributed by atoms with E-state index in [-0.39, 0.29) is 11.9 Å². The number of benzene rings is 1. The number of rotatable bonds is 3. The molecule has 3 amide bonds. The van der Waals surface area contributed by atoms with Gasteiger partial charge in [0, 0.05) is 23.3 Å². The summed E-state index contributed by atoms with van der Waals surface area (Å²) >= 11 is 5.84. The summed E-state index contributed by atoms with van der Waals surface area (Å²) in [6.07, 6.45) is 2.69. The minimum absolute atomic E-state index is 0.0710. The zero-order chi connectivity index (χ0) is 14.1. The second kappa shape index (κ2) is 5.32. The van der Waals surface area contributed by atoms with Gasteiger partial charge < -0.3 is 15.5 Å². The van der Waals surface area contributed by atoms with Crippen LogP contribution in [0.5, 0.6) is 0 Å². The van der Waals surface area contributed by atoms with Gasteiger partial charge in [-0.3, -0.25) is 4.79 Å². The van der Waals surface area contributed by atoms with Crippen LogP contribution in [0, 0.1) is 0 Å². The van der Waals surface area contributed by atoms with Gasteiger partial charge in [0.2, 0.25) is 5.91 Å². The van der Waals surface area contributed by atoms with E-state index in [2.05, 4.69) is 10.6 Å². The lowest BCUT2D eigenvalue weighted by Crippen LogP contribution is -2.46. The molecule has 1 aromatic carbocycles. The number of hydrogen-bond donors (Lipinski definition) is 2. The topological polar surface area (TPSA) is 61.4 Å². The molecular weight excluding hydrogens is 278 g/mol. The minimum atomic E-state index is -0.440. The fourth-order valence-corrected chi connectivity index (χ4v) is 2.43. The molecule has 2 aliphatic rings. The molecule has 0 bridgehead atoms. The molecule has 106 valence electrons. The second-order valence-corrected chi connectivity index (χ2v) is 5.64. The molecule has 5 nitrogen and oxygen atoms in total. The van der Waals surface area contributed by atoms with Crippen LogP contribution in [0.3, 0.4) is 0 Å². The highest BCUT2D eigenvalue weighted by Crippen LogP contribution is 2.23. The Morgan fingerprint density at radius 1 is 1.15 bits per heavy atom. The Labute approximate surface area is 122 Å². The molecule has 3 rings (SSSR count). The average Bonchev–Trinajstić information content (AvgIpc) is 3.16. The van der Waals surface area contributed by atoms with E-state index in [0.29, 0.717) is 24.0 Å². The smallest absolute Gasteiger partial charge is 0.315 e. The van der Waals surface area contributed by atoms with Crippen LogP contribution < -0.4 is 15.5 Å². The number of urea groups is 1. The largest absolute Gasteiger partial charge is 0.335 e. The molecule has 1 saturated carbocycles. The van der Waals surface area contributed by atoms with Crippen molar-refractivity contribution in [3.05, 3.63) is 29.3 Å². The first-order valence-corrected chi connectivity index (χ1v) is 7.15. The van der Waals surface area contributed by atoms with Crippen molar-refractivity contribution in [2.24, 2.45) is 0 Å². The molecule has 1 aromatic rings. The van der Waals surface area contributed by atoms with E-state index in [9.17, 15) is 9.59 Å². The van der Waals surface area contributed by atoms with Crippen LogP contribution in [0.2, 0.25) is 5.02 Å². The Balaban J connectivity index is 1.61. The molecule has 1 heterocycles. The van der Waals surface area contributed by atoms with Crippen molar-refractivity contribution in [1.82, 2.24) is 10.6 Å². The number of nitrogens with zero attached hydrogens (tertiary/aromatic N) is 1. The molecule has 0 aromatic heterocycles. The van der Waals surface area contributed by atoms with Gasteiger partial charge in [0.15, 0.2) is 0 Å². The van der Waals surface area contributed by atoms with Gasteiger partial charge in [0.25, 0.3) is 0 Å². The van der Waals surface area contributed by atoms with Crippen molar-refractivity contribution >= 4 is 29.2 Å². The van der Waals surface area contributed by atoms with Crippen molar-refractivity contribution < 1.29 is 9.59 Å². The maximum atomic E-state index is 12.3. The Bertz CT molecular complexity index is 528. The van der Waals surface area contributed by atoms with Crippen LogP contribution in [0.1, 0.15) is 19.3 Å². The summed E-state index contributed by atoms with van der Waals surface area (Å²) in [5.74, 6) is -0.0710. The molecule has 1 atom stereocenters. The van der Waals surface area contributed by atoms with Crippen LogP contribution >= 0.6 is 11.6 Å². The van der Waals surface area contributed by atoms with E-state index in [1.54, 1.807) is 17.0 Å². The molecule has 0 spiro atoms. The van der Waals surface area contributed by atoms with Crippen molar-refractivity contribution in [3.8, 4) is 0 Å². The minimum Gasteiger partial charge on any atom is -0.335 e. The quantitative estimate of drug-likeness (QED) is 0.894. The van der Waals surface area contributed by atoms with Gasteiger partial charge >= 0.3 is 6.03 Å². The lowest BCUT2D eigenvalue weighted by molar-refractivity contribution is -0.118. The summed E-state index contributed by atoms with van der Waals surface area (Å²) in [6, 6.07) is 6.74. The zero-order valence-electron chi connectivity index (χ0n) is 10.9. The first kappa shape index (κ1) is 13.2. The van der Waals surface area contributed by atoms with Crippen LogP contribution in [0.4, 0.5) is 10.5 Å². The van der Waals surface area contributed by atoms with E-state index in [0.717, 1.165) is 18.5 Å². The van der Waals surface area contributed by atoms with Crippen molar-refractivity contribution in [2.75, 3.05) is 11.4 Å². The monoisotopic (exact) mass is 293 g/mol. The Kier molecular flexibility index (Phi) is 3.53. The average molecular weight is 294 g/mol. The van der Waals surface area contributed by atoms with Gasteiger partial charge in [-0.25, -0.2) is 4.79 Å². The summed E-state index contributed by atoms with van der Waals surface area (Å²) < 4.78 is 0. The molecule has 0 radical (unpaired) electrons. The van der Waals surface area contributed by atoms with Crippen molar-refractivity contribution in [1.29, 1.82) is 0 Å². The summed E-state index contributed by atoms with van der Waals surface area (Å²) in [4.78, 5) is 25.6. The number of carbonyl (C=O) groups is 2. The summed E-state index contributed by atoms with van der Waals surface area (Å²) in [5.41, 5.74) is 0.811. The van der Waals surface area contributed by atoms with Crippen LogP contribution in [0.25, 0.3) is 0 Å². The Morgan fingerprint density at radius 3 is 2.50 bits per heavy atom. The lowest BCUT2D eigenvalue weighted by Gasteiger charge is -2.17. The van der Waals surface area contributed by atoms with Gasteiger partial charge in [0.05, 0.1) is 0 Å². The highest BCUT2D eigenvalue weighted by Gasteiger charge is 2.34. The third-order valence-electron chi connectivity index (χ3n) is 3.56. The van der Waals surface area contributed by atoms with Crippen molar-refractivity contribution in [2.45, 2.75) is 31.3 Å². The SMILES string of the molecule is O=C(NC1CC1)N[C@@H]1CCN(c2ccc(Cl)cc2)C1=O. The molecule has 1 aliphatic carbocycles. The highest BCUT2D eigenvalue weighted by atomic mass is 35.5. The summed E-state index contributed by atoms with van der Waals surface area (Å²) in [5, 5.41) is 6.21. The zero-order valence-corrected chi connectivity index (χ0v) is 11.7. The standard InChI is InChI=1S/C14H16ClN3O2/c15-9-1-5-11(6-2-9)18-8-7-12(13(18)19)17-14(20)16-10-3-4-10/h1-2,5-6,10,12H,3-4,7-8H2,(H2,16,17,20)/t12-/m1/s1. The maximum Gasteiger partial charge on any atom is 0.315 e. The van der Waals surface area contributed by atoms with E-state index in [1.165, 1.54) is 0 Å². The number of carbonyl (C=O) groups excluding carboxylic acids is 2. The molecular formula is C14H16ClN3O2. The molecule has 0 unspecified atom stereocenters. The van der Waals surface area contributed by atoms with Crippen LogP contribution in [0.15, 0.2) is 24.3 Å². The number of hydrogen-bond acceptors (Lipinski definition) is 2. The van der Waals surface area contributed by atoms with Crippen LogP contribution in [-0.4, -0.2) is 30.6 Å². The molecule has 6 heteroatoms. The van der Waals surface area contributed by atoms with E-state index in [1.807, 2.05) is 12.1 Å². The first-order chi connectivity index (χ1) is 9.63. The number of amides is 3. The molecule has 20 heavy (non-hydrogen) atoms.